The van der Waals surface area contributed by atoms with Crippen molar-refractivity contribution in [2.75, 3.05) is 0 Å². The number of hydrogen-bond acceptors (Lipinski definition) is 3. The normalized spacial score (nSPS) is 10.3. The summed E-state index contributed by atoms with van der Waals surface area (Å²) in [5.74, 6) is -0.475. The van der Waals surface area contributed by atoms with Gasteiger partial charge in [-0.1, -0.05) is 25.4 Å². The second kappa shape index (κ2) is 4.07. The van der Waals surface area contributed by atoms with Crippen molar-refractivity contribution in [1.29, 1.82) is 0 Å². The summed E-state index contributed by atoms with van der Waals surface area (Å²) in [6.45, 7) is 3.83. The van der Waals surface area contributed by atoms with Crippen LogP contribution in [0.15, 0.2) is 4.52 Å². The molecule has 0 aliphatic heterocycles. The first-order chi connectivity index (χ1) is 6.20. The molecule has 0 aliphatic carbocycles. The summed E-state index contributed by atoms with van der Waals surface area (Å²) in [7, 11) is 0. The van der Waals surface area contributed by atoms with Gasteiger partial charge in [0, 0.05) is 6.42 Å². The van der Waals surface area contributed by atoms with Gasteiger partial charge >= 0.3 is 5.97 Å². The molecule has 1 heterocycles. The third kappa shape index (κ3) is 1.88. The number of carboxylic acids is 1. The van der Waals surface area contributed by atoms with E-state index in [2.05, 4.69) is 5.16 Å². The third-order valence-corrected chi connectivity index (χ3v) is 1.86. The average molecular weight is 183 g/mol. The molecule has 0 saturated carbocycles. The summed E-state index contributed by atoms with van der Waals surface area (Å²) in [6, 6.07) is 0. The molecule has 1 N–H and O–H groups in total. The molecule has 72 valence electrons. The van der Waals surface area contributed by atoms with E-state index in [0.717, 1.165) is 6.42 Å². The summed E-state index contributed by atoms with van der Waals surface area (Å²) in [4.78, 5) is 10.8. The molecule has 4 nitrogen and oxygen atoms in total. The number of carboxylic acid groups (broad SMARTS) is 1. The minimum Gasteiger partial charge on any atom is -0.477 e. The Morgan fingerprint density at radius 2 is 2.23 bits per heavy atom. The number of carbonyl (C=O) groups is 1. The van der Waals surface area contributed by atoms with E-state index in [9.17, 15) is 4.79 Å². The summed E-state index contributed by atoms with van der Waals surface area (Å²) in [5, 5.41) is 12.6. The largest absolute Gasteiger partial charge is 0.477 e. The topological polar surface area (TPSA) is 63.3 Å². The van der Waals surface area contributed by atoms with Crippen LogP contribution in [0.3, 0.4) is 0 Å². The second-order valence-electron chi connectivity index (χ2n) is 2.84. The molecule has 0 aromatic carbocycles. The van der Waals surface area contributed by atoms with Gasteiger partial charge in [-0.25, -0.2) is 4.79 Å². The smallest absolute Gasteiger partial charge is 0.341 e. The molecule has 0 spiro atoms. The van der Waals surface area contributed by atoms with E-state index < -0.39 is 5.97 Å². The van der Waals surface area contributed by atoms with Crippen LogP contribution in [0, 0.1) is 0 Å². The van der Waals surface area contributed by atoms with Crippen LogP contribution in [0.5, 0.6) is 0 Å². The Labute approximate surface area is 76.5 Å². The minimum absolute atomic E-state index is 0.254. The van der Waals surface area contributed by atoms with Crippen LogP contribution in [0.1, 0.15) is 42.1 Å². The molecule has 0 fully saturated rings. The monoisotopic (exact) mass is 183 g/mol. The van der Waals surface area contributed by atoms with Gasteiger partial charge in [-0.3, -0.25) is 0 Å². The summed E-state index contributed by atoms with van der Waals surface area (Å²) in [6.07, 6.45) is 2.10. The molecule has 13 heavy (non-hydrogen) atoms. The van der Waals surface area contributed by atoms with E-state index in [0.29, 0.717) is 24.3 Å². The van der Waals surface area contributed by atoms with Crippen LogP contribution in [-0.4, -0.2) is 16.2 Å². The standard InChI is InChI=1S/C9H13NO3/c1-3-5-6-8(9(11)12)7(4-2)13-10-6/h3-5H2,1-2H3,(H,11,12). The van der Waals surface area contributed by atoms with E-state index >= 15 is 0 Å². The zero-order valence-electron chi connectivity index (χ0n) is 7.83. The van der Waals surface area contributed by atoms with Crippen LogP contribution in [0.25, 0.3) is 0 Å². The molecule has 4 heteroatoms. The Morgan fingerprint density at radius 3 is 2.69 bits per heavy atom. The fraction of sp³-hybridized carbons (Fsp3) is 0.556. The molecule has 0 atom stereocenters. The average Bonchev–Trinajstić information content (AvgIpc) is 2.48. The van der Waals surface area contributed by atoms with Crippen molar-refractivity contribution in [3.63, 3.8) is 0 Å². The minimum atomic E-state index is -0.943. The summed E-state index contributed by atoms with van der Waals surface area (Å²) in [5.41, 5.74) is 0.816. The van der Waals surface area contributed by atoms with Crippen molar-refractivity contribution in [3.8, 4) is 0 Å². The maximum absolute atomic E-state index is 10.8. The lowest BCUT2D eigenvalue weighted by Gasteiger charge is -1.94. The van der Waals surface area contributed by atoms with E-state index in [1.165, 1.54) is 0 Å². The van der Waals surface area contributed by atoms with Gasteiger partial charge < -0.3 is 9.63 Å². The molecule has 0 amide bonds. The van der Waals surface area contributed by atoms with Crippen LogP contribution < -0.4 is 0 Å². The van der Waals surface area contributed by atoms with Gasteiger partial charge in [-0.05, 0) is 6.42 Å². The first-order valence-corrected chi connectivity index (χ1v) is 4.41. The summed E-state index contributed by atoms with van der Waals surface area (Å²) < 4.78 is 4.93. The van der Waals surface area contributed by atoms with Gasteiger partial charge in [-0.15, -0.1) is 0 Å². The fourth-order valence-corrected chi connectivity index (χ4v) is 1.25. The van der Waals surface area contributed by atoms with Gasteiger partial charge in [0.1, 0.15) is 5.56 Å². The quantitative estimate of drug-likeness (QED) is 0.774. The molecular weight excluding hydrogens is 170 g/mol. The Balaban J connectivity index is 3.06. The number of hydrogen-bond donors (Lipinski definition) is 1. The molecule has 1 aromatic heterocycles. The van der Waals surface area contributed by atoms with Crippen molar-refractivity contribution < 1.29 is 14.4 Å². The molecule has 0 radical (unpaired) electrons. The highest BCUT2D eigenvalue weighted by molar-refractivity contribution is 5.89. The van der Waals surface area contributed by atoms with Crippen molar-refractivity contribution in [2.24, 2.45) is 0 Å². The molecular formula is C9H13NO3. The number of aromatic carboxylic acids is 1. The van der Waals surface area contributed by atoms with Crippen LogP contribution in [-0.2, 0) is 12.8 Å². The lowest BCUT2D eigenvalue weighted by molar-refractivity contribution is 0.0693. The molecule has 1 rings (SSSR count). The van der Waals surface area contributed by atoms with Crippen molar-refractivity contribution >= 4 is 5.97 Å². The first kappa shape index (κ1) is 9.77. The lowest BCUT2D eigenvalue weighted by atomic mass is 10.1. The predicted octanol–water partition coefficient (Wildman–Crippen LogP) is 1.89. The zero-order chi connectivity index (χ0) is 9.84. The van der Waals surface area contributed by atoms with E-state index in [-0.39, 0.29) is 5.56 Å². The van der Waals surface area contributed by atoms with E-state index in [1.807, 2.05) is 13.8 Å². The SMILES string of the molecule is CCCc1noc(CC)c1C(=O)O. The molecule has 0 unspecified atom stereocenters. The molecule has 1 aromatic rings. The van der Waals surface area contributed by atoms with Crippen LogP contribution in [0.4, 0.5) is 0 Å². The molecule has 0 aliphatic rings. The molecule has 0 bridgehead atoms. The van der Waals surface area contributed by atoms with Crippen molar-refractivity contribution in [2.45, 2.75) is 33.1 Å². The lowest BCUT2D eigenvalue weighted by Crippen LogP contribution is -2.02. The number of nitrogens with zero attached hydrogens (tertiary/aromatic N) is 1. The van der Waals surface area contributed by atoms with Crippen LogP contribution in [0.2, 0.25) is 0 Å². The Bertz CT molecular complexity index is 304. The van der Waals surface area contributed by atoms with Gasteiger partial charge in [0.2, 0.25) is 0 Å². The highest BCUT2D eigenvalue weighted by atomic mass is 16.5. The number of aryl methyl sites for hydroxylation is 2. The molecule has 0 saturated heterocycles. The second-order valence-corrected chi connectivity index (χ2v) is 2.84. The predicted molar refractivity (Wildman–Crippen MR) is 46.8 cm³/mol. The number of aromatic nitrogens is 1. The van der Waals surface area contributed by atoms with Crippen molar-refractivity contribution in [1.82, 2.24) is 5.16 Å². The summed E-state index contributed by atoms with van der Waals surface area (Å²) >= 11 is 0. The van der Waals surface area contributed by atoms with Gasteiger partial charge in [0.15, 0.2) is 5.76 Å². The Kier molecular flexibility index (Phi) is 3.06. The van der Waals surface area contributed by atoms with E-state index in [4.69, 9.17) is 9.63 Å². The maximum atomic E-state index is 10.8. The van der Waals surface area contributed by atoms with Gasteiger partial charge in [0.05, 0.1) is 5.69 Å². The highest BCUT2D eigenvalue weighted by Crippen LogP contribution is 2.16. The highest BCUT2D eigenvalue weighted by Gasteiger charge is 2.19. The van der Waals surface area contributed by atoms with Gasteiger partial charge in [-0.2, -0.15) is 0 Å². The first-order valence-electron chi connectivity index (χ1n) is 4.41. The Hall–Kier alpha value is -1.32. The maximum Gasteiger partial charge on any atom is 0.341 e. The fourth-order valence-electron chi connectivity index (χ4n) is 1.25. The van der Waals surface area contributed by atoms with Gasteiger partial charge in [0.25, 0.3) is 0 Å². The van der Waals surface area contributed by atoms with Crippen LogP contribution >= 0.6 is 0 Å². The van der Waals surface area contributed by atoms with E-state index in [1.54, 1.807) is 0 Å². The van der Waals surface area contributed by atoms with Crippen molar-refractivity contribution in [3.05, 3.63) is 17.0 Å². The zero-order valence-corrected chi connectivity index (χ0v) is 7.83. The number of rotatable bonds is 4. The Morgan fingerprint density at radius 1 is 1.54 bits per heavy atom. The third-order valence-electron chi connectivity index (χ3n) is 1.86.